The number of fused-ring (bicyclic) bond motifs is 1. The van der Waals surface area contributed by atoms with Crippen molar-refractivity contribution >= 4 is 22.4 Å². The largest absolute Gasteiger partial charge is 0.264 e. The minimum atomic E-state index is -2.54. The van der Waals surface area contributed by atoms with Gasteiger partial charge in [0.05, 0.1) is 21.7 Å². The maximum Gasteiger partial charge on any atom is 0.264 e. The van der Waals surface area contributed by atoms with Crippen molar-refractivity contribution < 1.29 is 8.78 Å². The summed E-state index contributed by atoms with van der Waals surface area (Å²) in [4.78, 5) is 5.51. The Kier molecular flexibility index (Phi) is 4.20. The minimum Gasteiger partial charge on any atom is -0.247 e. The second kappa shape index (κ2) is 6.12. The highest BCUT2D eigenvalue weighted by molar-refractivity contribution is 7.13. The van der Waals surface area contributed by atoms with Crippen LogP contribution in [0.5, 0.6) is 0 Å². The van der Waals surface area contributed by atoms with Crippen molar-refractivity contribution in [2.75, 3.05) is 0 Å². The SMILES string of the molecule is CCCCn1nc(C)c2c(C(F)F)cc(-c3cccs3)nc21. The Labute approximate surface area is 131 Å². The average Bonchev–Trinajstić information content (AvgIpc) is 3.13. The summed E-state index contributed by atoms with van der Waals surface area (Å²) in [6.07, 6.45) is -0.565. The summed E-state index contributed by atoms with van der Waals surface area (Å²) in [5.41, 5.74) is 1.79. The summed E-state index contributed by atoms with van der Waals surface area (Å²) in [5, 5.41) is 6.83. The highest BCUT2D eigenvalue weighted by atomic mass is 32.1. The fourth-order valence-electron chi connectivity index (χ4n) is 2.57. The molecule has 0 fully saturated rings. The van der Waals surface area contributed by atoms with Crippen LogP contribution in [0.4, 0.5) is 8.78 Å². The van der Waals surface area contributed by atoms with Crippen molar-refractivity contribution in [1.82, 2.24) is 14.8 Å². The van der Waals surface area contributed by atoms with Gasteiger partial charge in [-0.05, 0) is 30.9 Å². The van der Waals surface area contributed by atoms with Crippen LogP contribution in [0.1, 0.15) is 37.4 Å². The lowest BCUT2D eigenvalue weighted by Gasteiger charge is -2.07. The third kappa shape index (κ3) is 2.63. The number of hydrogen-bond acceptors (Lipinski definition) is 3. The monoisotopic (exact) mass is 321 g/mol. The molecule has 0 radical (unpaired) electrons. The molecular formula is C16H17F2N3S. The van der Waals surface area contributed by atoms with Crippen LogP contribution >= 0.6 is 11.3 Å². The van der Waals surface area contributed by atoms with Gasteiger partial charge >= 0.3 is 0 Å². The number of thiophene rings is 1. The van der Waals surface area contributed by atoms with E-state index in [-0.39, 0.29) is 5.56 Å². The van der Waals surface area contributed by atoms with Crippen LogP contribution in [-0.2, 0) is 6.54 Å². The van der Waals surface area contributed by atoms with E-state index < -0.39 is 6.43 Å². The first-order valence-corrected chi connectivity index (χ1v) is 8.20. The number of pyridine rings is 1. The molecule has 3 heterocycles. The Bertz CT molecular complexity index is 778. The molecule has 0 unspecified atom stereocenters. The zero-order valence-corrected chi connectivity index (χ0v) is 13.3. The van der Waals surface area contributed by atoms with Crippen molar-refractivity contribution in [3.05, 3.63) is 34.8 Å². The van der Waals surface area contributed by atoms with Gasteiger partial charge in [0.2, 0.25) is 0 Å². The zero-order chi connectivity index (χ0) is 15.7. The number of halogens is 2. The van der Waals surface area contributed by atoms with Gasteiger partial charge in [-0.3, -0.25) is 0 Å². The molecule has 0 aliphatic heterocycles. The van der Waals surface area contributed by atoms with Crippen molar-refractivity contribution in [1.29, 1.82) is 0 Å². The number of aromatic nitrogens is 3. The van der Waals surface area contributed by atoms with Crippen LogP contribution < -0.4 is 0 Å². The summed E-state index contributed by atoms with van der Waals surface area (Å²) in [5.74, 6) is 0. The first-order chi connectivity index (χ1) is 10.6. The molecule has 0 spiro atoms. The second-order valence-electron chi connectivity index (χ2n) is 5.24. The van der Waals surface area contributed by atoms with Crippen LogP contribution in [-0.4, -0.2) is 14.8 Å². The zero-order valence-electron chi connectivity index (χ0n) is 12.5. The molecule has 0 aliphatic carbocycles. The number of unbranched alkanes of at least 4 members (excludes halogenated alkanes) is 1. The van der Waals surface area contributed by atoms with E-state index in [1.807, 2.05) is 17.5 Å². The smallest absolute Gasteiger partial charge is 0.247 e. The van der Waals surface area contributed by atoms with E-state index in [0.29, 0.717) is 29.0 Å². The molecule has 3 aromatic rings. The summed E-state index contributed by atoms with van der Waals surface area (Å²) < 4.78 is 28.8. The lowest BCUT2D eigenvalue weighted by Crippen LogP contribution is -2.02. The van der Waals surface area contributed by atoms with E-state index in [1.165, 1.54) is 17.4 Å². The molecule has 0 aromatic carbocycles. The van der Waals surface area contributed by atoms with E-state index in [1.54, 1.807) is 11.6 Å². The third-order valence-corrected chi connectivity index (χ3v) is 4.53. The maximum absolute atomic E-state index is 13.5. The minimum absolute atomic E-state index is 0.0219. The molecule has 3 nitrogen and oxygen atoms in total. The Morgan fingerprint density at radius 3 is 2.82 bits per heavy atom. The van der Waals surface area contributed by atoms with Gasteiger partial charge < -0.3 is 0 Å². The van der Waals surface area contributed by atoms with Crippen molar-refractivity contribution in [2.45, 2.75) is 39.7 Å². The van der Waals surface area contributed by atoms with Gasteiger partial charge in [-0.2, -0.15) is 5.10 Å². The molecular weight excluding hydrogens is 304 g/mol. The molecule has 0 aliphatic rings. The molecule has 0 bridgehead atoms. The fourth-order valence-corrected chi connectivity index (χ4v) is 3.26. The molecule has 0 atom stereocenters. The Hall–Kier alpha value is -1.82. The lowest BCUT2D eigenvalue weighted by molar-refractivity contribution is 0.153. The standard InChI is InChI=1S/C16H17F2N3S/c1-3-4-7-21-16-14(10(2)20-21)11(15(17)18)9-12(19-16)13-6-5-8-22-13/h5-6,8-9,15H,3-4,7H2,1-2H3. The van der Waals surface area contributed by atoms with Crippen LogP contribution in [0.2, 0.25) is 0 Å². The average molecular weight is 321 g/mol. The number of nitrogens with zero attached hydrogens (tertiary/aromatic N) is 3. The predicted molar refractivity (Wildman–Crippen MR) is 85.4 cm³/mol. The third-order valence-electron chi connectivity index (χ3n) is 3.64. The quantitative estimate of drug-likeness (QED) is 0.646. The van der Waals surface area contributed by atoms with Gasteiger partial charge in [0.25, 0.3) is 6.43 Å². The number of rotatable bonds is 5. The molecule has 3 rings (SSSR count). The second-order valence-corrected chi connectivity index (χ2v) is 6.18. The van der Waals surface area contributed by atoms with Gasteiger partial charge in [0, 0.05) is 12.1 Å². The van der Waals surface area contributed by atoms with Crippen LogP contribution in [0.15, 0.2) is 23.6 Å². The van der Waals surface area contributed by atoms with Crippen molar-refractivity contribution in [2.24, 2.45) is 0 Å². The molecule has 22 heavy (non-hydrogen) atoms. The topological polar surface area (TPSA) is 30.7 Å². The van der Waals surface area contributed by atoms with E-state index in [0.717, 1.165) is 17.7 Å². The van der Waals surface area contributed by atoms with Gasteiger partial charge in [0.15, 0.2) is 5.65 Å². The molecule has 0 N–H and O–H groups in total. The molecule has 0 amide bonds. The molecule has 6 heteroatoms. The molecule has 0 saturated heterocycles. The molecule has 116 valence electrons. The van der Waals surface area contributed by atoms with Crippen LogP contribution in [0.3, 0.4) is 0 Å². The fraction of sp³-hybridized carbons (Fsp3) is 0.375. The van der Waals surface area contributed by atoms with E-state index in [4.69, 9.17) is 0 Å². The number of hydrogen-bond donors (Lipinski definition) is 0. The Morgan fingerprint density at radius 1 is 1.36 bits per heavy atom. The van der Waals surface area contributed by atoms with Gasteiger partial charge in [-0.25, -0.2) is 18.4 Å². The van der Waals surface area contributed by atoms with Gasteiger partial charge in [-0.15, -0.1) is 11.3 Å². The number of aryl methyl sites for hydroxylation is 2. The van der Waals surface area contributed by atoms with Gasteiger partial charge in [-0.1, -0.05) is 19.4 Å². The Morgan fingerprint density at radius 2 is 2.18 bits per heavy atom. The van der Waals surface area contributed by atoms with Crippen LogP contribution in [0, 0.1) is 6.92 Å². The highest BCUT2D eigenvalue weighted by Gasteiger charge is 2.21. The Balaban J connectivity index is 2.24. The first-order valence-electron chi connectivity index (χ1n) is 7.32. The van der Waals surface area contributed by atoms with E-state index >= 15 is 0 Å². The highest BCUT2D eigenvalue weighted by Crippen LogP contribution is 2.34. The lowest BCUT2D eigenvalue weighted by atomic mass is 10.1. The molecule has 3 aromatic heterocycles. The summed E-state index contributed by atoms with van der Waals surface area (Å²) in [7, 11) is 0. The van der Waals surface area contributed by atoms with E-state index in [9.17, 15) is 8.78 Å². The van der Waals surface area contributed by atoms with Crippen molar-refractivity contribution in [3.8, 4) is 10.6 Å². The van der Waals surface area contributed by atoms with Crippen molar-refractivity contribution in [3.63, 3.8) is 0 Å². The molecule has 0 saturated carbocycles. The van der Waals surface area contributed by atoms with E-state index in [2.05, 4.69) is 17.0 Å². The number of alkyl halides is 2. The summed E-state index contributed by atoms with van der Waals surface area (Å²) in [6.45, 7) is 4.56. The predicted octanol–water partition coefficient (Wildman–Crippen LogP) is 5.21. The summed E-state index contributed by atoms with van der Waals surface area (Å²) in [6, 6.07) is 5.29. The summed E-state index contributed by atoms with van der Waals surface area (Å²) >= 11 is 1.50. The normalized spacial score (nSPS) is 11.7. The maximum atomic E-state index is 13.5. The first kappa shape index (κ1) is 15.1. The van der Waals surface area contributed by atoms with Gasteiger partial charge in [0.1, 0.15) is 0 Å². The van der Waals surface area contributed by atoms with Crippen LogP contribution in [0.25, 0.3) is 21.6 Å².